The molecule has 9 heteroatoms. The third-order valence-corrected chi connectivity index (χ3v) is 3.20. The summed E-state index contributed by atoms with van der Waals surface area (Å²) >= 11 is 5.98. The number of halogens is 4. The first-order valence-corrected chi connectivity index (χ1v) is 6.19. The molecule has 5 nitrogen and oxygen atoms in total. The Hall–Kier alpha value is -1.41. The van der Waals surface area contributed by atoms with Crippen LogP contribution in [-0.4, -0.2) is 39.2 Å². The summed E-state index contributed by atoms with van der Waals surface area (Å²) in [5.41, 5.74) is 2.17. The number of aryl methyl sites for hydroxylation is 1. The van der Waals surface area contributed by atoms with Crippen LogP contribution in [0.25, 0.3) is 5.65 Å². The lowest BCUT2D eigenvalue weighted by molar-refractivity contribution is -0.173. The summed E-state index contributed by atoms with van der Waals surface area (Å²) in [6, 6.07) is 0. The summed E-state index contributed by atoms with van der Waals surface area (Å²) in [5.74, 6) is 0.409. The normalized spacial score (nSPS) is 12.3. The third kappa shape index (κ3) is 3.18. The highest BCUT2D eigenvalue weighted by Gasteiger charge is 2.27. The largest absolute Gasteiger partial charge is 0.411 e. The van der Waals surface area contributed by atoms with Gasteiger partial charge in [0.25, 0.3) is 0 Å². The van der Waals surface area contributed by atoms with E-state index in [0.29, 0.717) is 16.6 Å². The van der Waals surface area contributed by atoms with E-state index in [9.17, 15) is 13.2 Å². The molecule has 0 aliphatic rings. The molecule has 2 rings (SSSR count). The van der Waals surface area contributed by atoms with Crippen LogP contribution in [0.15, 0.2) is 0 Å². The summed E-state index contributed by atoms with van der Waals surface area (Å²) in [5, 5.41) is 12.3. The van der Waals surface area contributed by atoms with Gasteiger partial charge >= 0.3 is 6.18 Å². The molecule has 0 N–H and O–H groups in total. The predicted molar refractivity (Wildman–Crippen MR) is 65.8 cm³/mol. The first kappa shape index (κ1) is 15.0. The van der Waals surface area contributed by atoms with Crippen molar-refractivity contribution < 1.29 is 17.9 Å². The number of nitrogens with zero attached hydrogens (tertiary/aromatic N) is 4. The van der Waals surface area contributed by atoms with Gasteiger partial charge in [0.15, 0.2) is 16.6 Å². The molecule has 0 saturated carbocycles. The van der Waals surface area contributed by atoms with Gasteiger partial charge in [-0.15, -0.1) is 10.2 Å². The van der Waals surface area contributed by atoms with Gasteiger partial charge in [0.1, 0.15) is 6.61 Å². The van der Waals surface area contributed by atoms with Crippen LogP contribution < -0.4 is 0 Å². The average Bonchev–Trinajstić information content (AvgIpc) is 2.74. The number of hydrogen-bond acceptors (Lipinski definition) is 4. The molecule has 0 spiro atoms. The Kier molecular flexibility index (Phi) is 4.14. The molecule has 2 aromatic rings. The molecule has 20 heavy (non-hydrogen) atoms. The minimum absolute atomic E-state index is 0.119. The minimum Gasteiger partial charge on any atom is -0.372 e. The zero-order valence-corrected chi connectivity index (χ0v) is 11.6. The maximum absolute atomic E-state index is 11.9. The van der Waals surface area contributed by atoms with E-state index in [4.69, 9.17) is 11.6 Å². The molecule has 0 radical (unpaired) electrons. The second kappa shape index (κ2) is 5.53. The molecule has 0 atom stereocenters. The Balaban J connectivity index is 2.12. The average molecular weight is 309 g/mol. The smallest absolute Gasteiger partial charge is 0.372 e. The molecular weight excluding hydrogens is 297 g/mol. The Labute approximate surface area is 117 Å². The molecule has 0 amide bonds. The van der Waals surface area contributed by atoms with E-state index in [2.05, 4.69) is 20.0 Å². The number of hydrogen-bond donors (Lipinski definition) is 0. The summed E-state index contributed by atoms with van der Waals surface area (Å²) < 4.78 is 41.8. The Morgan fingerprint density at radius 1 is 1.20 bits per heavy atom. The predicted octanol–water partition coefficient (Wildman–Crippen LogP) is 2.52. The van der Waals surface area contributed by atoms with Gasteiger partial charge in [-0.1, -0.05) is 11.6 Å². The molecule has 0 fully saturated rings. The van der Waals surface area contributed by atoms with Crippen LogP contribution in [0, 0.1) is 13.8 Å². The van der Waals surface area contributed by atoms with Crippen LogP contribution in [0.4, 0.5) is 13.2 Å². The highest BCUT2D eigenvalue weighted by atomic mass is 35.5. The van der Waals surface area contributed by atoms with Gasteiger partial charge in [-0.2, -0.15) is 22.8 Å². The van der Waals surface area contributed by atoms with E-state index in [0.717, 1.165) is 11.1 Å². The highest BCUT2D eigenvalue weighted by molar-refractivity contribution is 6.30. The van der Waals surface area contributed by atoms with Crippen molar-refractivity contribution in [2.45, 2.75) is 26.4 Å². The van der Waals surface area contributed by atoms with E-state index in [1.165, 1.54) is 4.52 Å². The molecule has 0 bridgehead atoms. The van der Waals surface area contributed by atoms with Crippen molar-refractivity contribution in [3.05, 3.63) is 22.1 Å². The fourth-order valence-electron chi connectivity index (χ4n) is 1.64. The van der Waals surface area contributed by atoms with Crippen molar-refractivity contribution in [1.82, 2.24) is 19.8 Å². The molecule has 0 aliphatic carbocycles. The van der Waals surface area contributed by atoms with Crippen molar-refractivity contribution in [1.29, 1.82) is 0 Å². The molecule has 2 aromatic heterocycles. The molecule has 0 unspecified atom stereocenters. The Morgan fingerprint density at radius 2 is 1.90 bits per heavy atom. The lowest BCUT2D eigenvalue weighted by Gasteiger charge is -2.07. The quantitative estimate of drug-likeness (QED) is 0.814. The van der Waals surface area contributed by atoms with Crippen molar-refractivity contribution >= 4 is 17.2 Å². The van der Waals surface area contributed by atoms with Crippen LogP contribution in [0.3, 0.4) is 0 Å². The third-order valence-electron chi connectivity index (χ3n) is 2.84. The van der Waals surface area contributed by atoms with E-state index < -0.39 is 12.8 Å². The van der Waals surface area contributed by atoms with E-state index >= 15 is 0 Å². The van der Waals surface area contributed by atoms with Crippen molar-refractivity contribution in [2.24, 2.45) is 0 Å². The van der Waals surface area contributed by atoms with Gasteiger partial charge in [0.2, 0.25) is 0 Å². The molecule has 0 aliphatic heterocycles. The molecular formula is C11H12ClF3N4O. The van der Waals surface area contributed by atoms with E-state index in [1.807, 2.05) is 13.8 Å². The maximum atomic E-state index is 11.9. The van der Waals surface area contributed by atoms with Crippen molar-refractivity contribution in [3.8, 4) is 0 Å². The zero-order valence-electron chi connectivity index (χ0n) is 10.8. The number of alkyl halides is 3. The van der Waals surface area contributed by atoms with E-state index in [1.54, 1.807) is 0 Å². The summed E-state index contributed by atoms with van der Waals surface area (Å²) in [4.78, 5) is 0. The first-order chi connectivity index (χ1) is 9.29. The van der Waals surface area contributed by atoms with Crippen LogP contribution in [0.2, 0.25) is 5.15 Å². The number of ether oxygens (including phenoxy) is 1. The van der Waals surface area contributed by atoms with Gasteiger partial charge in [0.05, 0.1) is 6.61 Å². The topological polar surface area (TPSA) is 52.3 Å². The summed E-state index contributed by atoms with van der Waals surface area (Å²) in [6.45, 7) is 2.24. The van der Waals surface area contributed by atoms with Crippen molar-refractivity contribution in [3.63, 3.8) is 0 Å². The molecule has 110 valence electrons. The summed E-state index contributed by atoms with van der Waals surface area (Å²) in [7, 11) is 0. The second-order valence-electron chi connectivity index (χ2n) is 4.31. The van der Waals surface area contributed by atoms with Crippen LogP contribution >= 0.6 is 11.6 Å². The van der Waals surface area contributed by atoms with Crippen molar-refractivity contribution in [2.75, 3.05) is 13.2 Å². The number of rotatable bonds is 4. The number of fused-ring (bicyclic) bond motifs is 1. The zero-order chi connectivity index (χ0) is 14.9. The number of aromatic nitrogens is 4. The lowest BCUT2D eigenvalue weighted by atomic mass is 10.2. The first-order valence-electron chi connectivity index (χ1n) is 5.81. The molecule has 2 heterocycles. The summed E-state index contributed by atoms with van der Waals surface area (Å²) in [6.07, 6.45) is -4.16. The van der Waals surface area contributed by atoms with Gasteiger partial charge in [-0.3, -0.25) is 0 Å². The fraction of sp³-hybridized carbons (Fsp3) is 0.545. The Bertz CT molecular complexity index is 626. The van der Waals surface area contributed by atoms with Gasteiger partial charge in [0, 0.05) is 12.0 Å². The SMILES string of the molecule is Cc1c(Cl)nn2c(CCOCC(F)(F)F)nnc2c1C. The highest BCUT2D eigenvalue weighted by Crippen LogP contribution is 2.20. The maximum Gasteiger partial charge on any atom is 0.411 e. The van der Waals surface area contributed by atoms with Gasteiger partial charge in [-0.25, -0.2) is 0 Å². The standard InChI is InChI=1S/C11H12ClF3N4O/c1-6-7(2)10-17-16-8(19(10)18-9(6)12)3-4-20-5-11(13,14)15/h3-5H2,1-2H3. The fourth-order valence-corrected chi connectivity index (χ4v) is 1.86. The molecule has 0 saturated heterocycles. The van der Waals surface area contributed by atoms with E-state index in [-0.39, 0.29) is 13.0 Å². The molecule has 0 aromatic carbocycles. The van der Waals surface area contributed by atoms with Crippen LogP contribution in [0.5, 0.6) is 0 Å². The second-order valence-corrected chi connectivity index (χ2v) is 4.67. The monoisotopic (exact) mass is 308 g/mol. The lowest BCUT2D eigenvalue weighted by Crippen LogP contribution is -2.18. The van der Waals surface area contributed by atoms with Gasteiger partial charge in [-0.05, 0) is 19.4 Å². The van der Waals surface area contributed by atoms with Crippen LogP contribution in [0.1, 0.15) is 17.0 Å². The van der Waals surface area contributed by atoms with Gasteiger partial charge < -0.3 is 4.74 Å². The van der Waals surface area contributed by atoms with Crippen LogP contribution in [-0.2, 0) is 11.2 Å². The Morgan fingerprint density at radius 3 is 2.55 bits per heavy atom. The minimum atomic E-state index is -4.33.